The molecule has 0 atom stereocenters. The Balaban J connectivity index is 1.34. The van der Waals surface area contributed by atoms with Crippen LogP contribution in [0.3, 0.4) is 0 Å². The summed E-state index contributed by atoms with van der Waals surface area (Å²) in [5.74, 6) is 0.0848. The number of esters is 1. The van der Waals surface area contributed by atoms with Crippen LogP contribution in [0.1, 0.15) is 34.3 Å². The summed E-state index contributed by atoms with van der Waals surface area (Å²) in [4.78, 5) is 16.4. The molecule has 0 radical (unpaired) electrons. The molecule has 1 aliphatic rings. The first-order valence-electron chi connectivity index (χ1n) is 8.98. The van der Waals surface area contributed by atoms with Crippen molar-refractivity contribution in [2.24, 2.45) is 5.92 Å². The van der Waals surface area contributed by atoms with Crippen LogP contribution in [-0.2, 0) is 17.6 Å². The lowest BCUT2D eigenvalue weighted by molar-refractivity contribution is 0.0428. The van der Waals surface area contributed by atoms with Crippen molar-refractivity contribution in [2.75, 3.05) is 6.61 Å². The maximum Gasteiger partial charge on any atom is 0.341 e. The van der Waals surface area contributed by atoms with E-state index in [1.54, 1.807) is 23.3 Å². The quantitative estimate of drug-likeness (QED) is 0.534. The van der Waals surface area contributed by atoms with Crippen molar-refractivity contribution < 1.29 is 9.53 Å². The Morgan fingerprint density at radius 3 is 2.54 bits per heavy atom. The highest BCUT2D eigenvalue weighted by molar-refractivity contribution is 5.88. The van der Waals surface area contributed by atoms with E-state index >= 15 is 0 Å². The molecule has 3 aromatic rings. The minimum atomic E-state index is -0.318. The highest BCUT2D eigenvalue weighted by Crippen LogP contribution is 2.25. The predicted octanol–water partition coefficient (Wildman–Crippen LogP) is 3.62. The Kier molecular flexibility index (Phi) is 4.78. The molecule has 132 valence electrons. The molecule has 0 spiro atoms. The number of hydrogen-bond donors (Lipinski definition) is 0. The normalized spacial score (nSPS) is 14.5. The second kappa shape index (κ2) is 7.52. The van der Waals surface area contributed by atoms with Crippen LogP contribution in [0, 0.1) is 5.92 Å². The van der Waals surface area contributed by atoms with Crippen LogP contribution in [0.15, 0.2) is 61.2 Å². The van der Waals surface area contributed by atoms with Crippen molar-refractivity contribution in [3.63, 3.8) is 0 Å². The molecule has 0 aliphatic heterocycles. The third-order valence-electron chi connectivity index (χ3n) is 4.94. The summed E-state index contributed by atoms with van der Waals surface area (Å²) < 4.78 is 7.19. The van der Waals surface area contributed by atoms with Gasteiger partial charge in [-0.1, -0.05) is 24.3 Å². The van der Waals surface area contributed by atoms with Gasteiger partial charge < -0.3 is 4.74 Å². The molecule has 1 aliphatic carbocycles. The molecule has 26 heavy (non-hydrogen) atoms. The van der Waals surface area contributed by atoms with Crippen molar-refractivity contribution >= 4 is 5.97 Å². The maximum atomic E-state index is 12.3. The maximum absolute atomic E-state index is 12.3. The van der Waals surface area contributed by atoms with E-state index in [0.717, 1.165) is 31.4 Å². The molecule has 0 saturated heterocycles. The summed E-state index contributed by atoms with van der Waals surface area (Å²) in [6.45, 7) is 0.463. The first-order chi connectivity index (χ1) is 12.8. The van der Waals surface area contributed by atoms with Crippen LogP contribution in [0.25, 0.3) is 5.69 Å². The number of carbonyl (C=O) groups is 1. The summed E-state index contributed by atoms with van der Waals surface area (Å²) in [6.07, 6.45) is 10.8. The fourth-order valence-corrected chi connectivity index (χ4v) is 3.41. The SMILES string of the molecule is O=C(OCC1CCc2ccccc2CC1)c1cnn(-c2cccnc2)c1. The monoisotopic (exact) mass is 347 g/mol. The zero-order valence-electron chi connectivity index (χ0n) is 14.5. The zero-order valence-corrected chi connectivity index (χ0v) is 14.5. The Bertz CT molecular complexity index is 862. The van der Waals surface area contributed by atoms with Gasteiger partial charge in [0.2, 0.25) is 0 Å². The van der Waals surface area contributed by atoms with E-state index in [1.807, 2.05) is 12.1 Å². The predicted molar refractivity (Wildman–Crippen MR) is 98.2 cm³/mol. The van der Waals surface area contributed by atoms with Crippen LogP contribution < -0.4 is 0 Å². The molecule has 0 bridgehead atoms. The highest BCUT2D eigenvalue weighted by atomic mass is 16.5. The van der Waals surface area contributed by atoms with E-state index in [9.17, 15) is 4.79 Å². The molecule has 0 unspecified atom stereocenters. The van der Waals surface area contributed by atoms with Crippen molar-refractivity contribution in [2.45, 2.75) is 25.7 Å². The third kappa shape index (κ3) is 3.67. The van der Waals surface area contributed by atoms with Crippen LogP contribution in [-0.4, -0.2) is 27.3 Å². The molecule has 5 nitrogen and oxygen atoms in total. The number of carbonyl (C=O) groups excluding carboxylic acids is 1. The number of hydrogen-bond acceptors (Lipinski definition) is 4. The summed E-state index contributed by atoms with van der Waals surface area (Å²) in [6, 6.07) is 12.3. The van der Waals surface area contributed by atoms with Gasteiger partial charge in [-0.2, -0.15) is 5.10 Å². The average Bonchev–Trinajstić information content (AvgIpc) is 3.10. The van der Waals surface area contributed by atoms with Gasteiger partial charge in [0.05, 0.1) is 30.3 Å². The molecule has 0 N–H and O–H groups in total. The Morgan fingerprint density at radius 2 is 1.85 bits per heavy atom. The first-order valence-corrected chi connectivity index (χ1v) is 8.98. The van der Waals surface area contributed by atoms with E-state index in [2.05, 4.69) is 34.3 Å². The Morgan fingerprint density at radius 1 is 1.08 bits per heavy atom. The molecule has 2 aromatic heterocycles. The van der Waals surface area contributed by atoms with Crippen LogP contribution in [0.5, 0.6) is 0 Å². The third-order valence-corrected chi connectivity index (χ3v) is 4.94. The molecule has 2 heterocycles. The molecular formula is C21H21N3O2. The molecular weight excluding hydrogens is 326 g/mol. The summed E-state index contributed by atoms with van der Waals surface area (Å²) in [5, 5.41) is 4.22. The second-order valence-electron chi connectivity index (χ2n) is 6.70. The molecule has 0 amide bonds. The van der Waals surface area contributed by atoms with Gasteiger partial charge >= 0.3 is 5.97 Å². The average molecular weight is 347 g/mol. The molecule has 0 saturated carbocycles. The largest absolute Gasteiger partial charge is 0.462 e. The number of ether oxygens (including phenoxy) is 1. The lowest BCUT2D eigenvalue weighted by atomic mass is 10.0. The molecule has 0 fully saturated rings. The number of nitrogens with zero attached hydrogens (tertiary/aromatic N) is 3. The number of fused-ring (bicyclic) bond motifs is 1. The van der Waals surface area contributed by atoms with Gasteiger partial charge in [0.25, 0.3) is 0 Å². The van der Waals surface area contributed by atoms with E-state index < -0.39 is 0 Å². The van der Waals surface area contributed by atoms with Gasteiger partial charge in [0.1, 0.15) is 0 Å². The molecule has 5 heteroatoms. The topological polar surface area (TPSA) is 57.0 Å². The smallest absolute Gasteiger partial charge is 0.341 e. The molecule has 4 rings (SSSR count). The van der Waals surface area contributed by atoms with Crippen LogP contribution in [0.2, 0.25) is 0 Å². The van der Waals surface area contributed by atoms with Gasteiger partial charge in [-0.3, -0.25) is 4.98 Å². The number of aryl methyl sites for hydroxylation is 2. The second-order valence-corrected chi connectivity index (χ2v) is 6.70. The minimum absolute atomic E-state index is 0.318. The van der Waals surface area contributed by atoms with E-state index in [0.29, 0.717) is 18.1 Å². The van der Waals surface area contributed by atoms with Crippen molar-refractivity contribution in [3.05, 3.63) is 77.9 Å². The van der Waals surface area contributed by atoms with Gasteiger partial charge in [0.15, 0.2) is 0 Å². The number of benzene rings is 1. The van der Waals surface area contributed by atoms with Crippen molar-refractivity contribution in [1.29, 1.82) is 0 Å². The van der Waals surface area contributed by atoms with Gasteiger partial charge in [0, 0.05) is 12.4 Å². The lowest BCUT2D eigenvalue weighted by Crippen LogP contribution is -2.14. The van der Waals surface area contributed by atoms with E-state index in [1.165, 1.54) is 17.3 Å². The fraction of sp³-hybridized carbons (Fsp3) is 0.286. The summed E-state index contributed by atoms with van der Waals surface area (Å²) in [7, 11) is 0. The number of aromatic nitrogens is 3. The van der Waals surface area contributed by atoms with Crippen LogP contribution in [0.4, 0.5) is 0 Å². The van der Waals surface area contributed by atoms with Crippen molar-refractivity contribution in [3.8, 4) is 5.69 Å². The Labute approximate surface area is 152 Å². The van der Waals surface area contributed by atoms with Gasteiger partial charge in [-0.05, 0) is 54.9 Å². The van der Waals surface area contributed by atoms with Gasteiger partial charge in [-0.25, -0.2) is 9.48 Å². The van der Waals surface area contributed by atoms with E-state index in [4.69, 9.17) is 4.74 Å². The lowest BCUT2D eigenvalue weighted by Gasteiger charge is -2.13. The standard InChI is InChI=1S/C21H21N3O2/c25-21(19-12-23-24(14-19)20-6-3-11-22-13-20)26-15-16-7-9-17-4-1-2-5-18(17)10-8-16/h1-6,11-14,16H,7-10,15H2. The van der Waals surface area contributed by atoms with E-state index in [-0.39, 0.29) is 5.97 Å². The van der Waals surface area contributed by atoms with Gasteiger partial charge in [-0.15, -0.1) is 0 Å². The fourth-order valence-electron chi connectivity index (χ4n) is 3.41. The minimum Gasteiger partial charge on any atom is -0.462 e. The number of pyridine rings is 1. The highest BCUT2D eigenvalue weighted by Gasteiger charge is 2.19. The zero-order chi connectivity index (χ0) is 17.8. The number of rotatable bonds is 4. The summed E-state index contributed by atoms with van der Waals surface area (Å²) in [5.41, 5.74) is 4.14. The summed E-state index contributed by atoms with van der Waals surface area (Å²) >= 11 is 0. The Hall–Kier alpha value is -2.95. The molecule has 1 aromatic carbocycles. The van der Waals surface area contributed by atoms with Crippen LogP contribution >= 0.6 is 0 Å². The van der Waals surface area contributed by atoms with Crippen molar-refractivity contribution in [1.82, 2.24) is 14.8 Å². The first kappa shape index (κ1) is 16.5.